The first-order valence-electron chi connectivity index (χ1n) is 6.28. The van der Waals surface area contributed by atoms with E-state index in [1.165, 1.54) is 31.4 Å². The molecule has 0 saturated heterocycles. The quantitative estimate of drug-likeness (QED) is 0.657. The summed E-state index contributed by atoms with van der Waals surface area (Å²) in [6.45, 7) is 0. The summed E-state index contributed by atoms with van der Waals surface area (Å²) in [4.78, 5) is 0. The molecule has 3 nitrogen and oxygen atoms in total. The van der Waals surface area contributed by atoms with Crippen LogP contribution in [0.1, 0.15) is 17.2 Å². The zero-order valence-corrected chi connectivity index (χ0v) is 12.1. The van der Waals surface area contributed by atoms with E-state index in [0.29, 0.717) is 17.0 Å². The summed E-state index contributed by atoms with van der Waals surface area (Å²) in [7, 11) is 1.40. The molecule has 0 radical (unpaired) electrons. The minimum absolute atomic E-state index is 0.161. The number of hydrazine groups is 1. The third kappa shape index (κ3) is 3.69. The molecule has 0 amide bonds. The monoisotopic (exact) mass is 312 g/mol. The Morgan fingerprint density at radius 1 is 1.24 bits per heavy atom. The van der Waals surface area contributed by atoms with Gasteiger partial charge in [-0.15, -0.1) is 0 Å². The average Bonchev–Trinajstić information content (AvgIpc) is 2.46. The summed E-state index contributed by atoms with van der Waals surface area (Å²) >= 11 is 5.99. The molecule has 0 aliphatic heterocycles. The molecule has 1 unspecified atom stereocenters. The van der Waals surface area contributed by atoms with Crippen molar-refractivity contribution in [2.75, 3.05) is 7.11 Å². The Morgan fingerprint density at radius 2 is 2.00 bits per heavy atom. The van der Waals surface area contributed by atoms with Gasteiger partial charge in [0.05, 0.1) is 13.2 Å². The van der Waals surface area contributed by atoms with Gasteiger partial charge >= 0.3 is 0 Å². The van der Waals surface area contributed by atoms with E-state index in [2.05, 4.69) is 5.43 Å². The van der Waals surface area contributed by atoms with Crippen molar-refractivity contribution in [3.63, 3.8) is 0 Å². The Labute approximate surface area is 126 Å². The molecule has 0 spiro atoms. The van der Waals surface area contributed by atoms with Gasteiger partial charge < -0.3 is 4.74 Å². The fraction of sp³-hybridized carbons (Fsp3) is 0.200. The molecular formula is C15H15ClF2N2O. The van der Waals surface area contributed by atoms with Crippen molar-refractivity contribution >= 4 is 11.6 Å². The SMILES string of the molecule is COc1ccc(C(Cc2ccc(F)cc2Cl)NN)cc1F. The van der Waals surface area contributed by atoms with Crippen LogP contribution in [0.4, 0.5) is 8.78 Å². The molecule has 2 aromatic rings. The van der Waals surface area contributed by atoms with Crippen LogP contribution in [0.15, 0.2) is 36.4 Å². The molecule has 112 valence electrons. The predicted molar refractivity (Wildman–Crippen MR) is 78.1 cm³/mol. The Morgan fingerprint density at radius 3 is 2.57 bits per heavy atom. The summed E-state index contributed by atoms with van der Waals surface area (Å²) in [5.74, 6) is 4.82. The molecule has 0 fully saturated rings. The molecular weight excluding hydrogens is 298 g/mol. The molecule has 3 N–H and O–H groups in total. The van der Waals surface area contributed by atoms with Gasteiger partial charge in [-0.25, -0.2) is 8.78 Å². The van der Waals surface area contributed by atoms with Gasteiger partial charge in [0.2, 0.25) is 0 Å². The lowest BCUT2D eigenvalue weighted by Crippen LogP contribution is -2.29. The maximum Gasteiger partial charge on any atom is 0.165 e. The molecule has 21 heavy (non-hydrogen) atoms. The normalized spacial score (nSPS) is 12.2. The number of rotatable bonds is 5. The van der Waals surface area contributed by atoms with Crippen LogP contribution in [0.2, 0.25) is 5.02 Å². The number of halogens is 3. The highest BCUT2D eigenvalue weighted by atomic mass is 35.5. The predicted octanol–water partition coefficient (Wildman–Crippen LogP) is 3.37. The molecule has 2 aromatic carbocycles. The van der Waals surface area contributed by atoms with E-state index < -0.39 is 11.6 Å². The van der Waals surface area contributed by atoms with Crippen LogP contribution >= 0.6 is 11.6 Å². The van der Waals surface area contributed by atoms with E-state index >= 15 is 0 Å². The number of hydrogen-bond donors (Lipinski definition) is 2. The number of hydrogen-bond acceptors (Lipinski definition) is 3. The van der Waals surface area contributed by atoms with Gasteiger partial charge in [0.25, 0.3) is 0 Å². The highest BCUT2D eigenvalue weighted by molar-refractivity contribution is 6.31. The maximum absolute atomic E-state index is 13.7. The third-order valence-electron chi connectivity index (χ3n) is 3.22. The molecule has 0 bridgehead atoms. The smallest absolute Gasteiger partial charge is 0.165 e. The molecule has 0 saturated carbocycles. The minimum atomic E-state index is -0.472. The molecule has 0 heterocycles. The third-order valence-corrected chi connectivity index (χ3v) is 3.57. The Bertz CT molecular complexity index is 637. The highest BCUT2D eigenvalue weighted by Gasteiger charge is 2.15. The average molecular weight is 313 g/mol. The fourth-order valence-electron chi connectivity index (χ4n) is 2.08. The Balaban J connectivity index is 2.25. The first kappa shape index (κ1) is 15.7. The number of nitrogens with one attached hydrogen (secondary N) is 1. The number of benzene rings is 2. The van der Waals surface area contributed by atoms with E-state index in [1.807, 2.05) is 0 Å². The minimum Gasteiger partial charge on any atom is -0.494 e. The Kier molecular flexibility index (Phi) is 5.12. The summed E-state index contributed by atoms with van der Waals surface area (Å²) in [5.41, 5.74) is 3.98. The van der Waals surface area contributed by atoms with Gasteiger partial charge in [0.15, 0.2) is 11.6 Å². The van der Waals surface area contributed by atoms with Crippen LogP contribution in [-0.4, -0.2) is 7.11 Å². The summed E-state index contributed by atoms with van der Waals surface area (Å²) in [6.07, 6.45) is 0.404. The standard InChI is InChI=1S/C15H15ClF2N2O/c1-21-15-5-3-10(6-13(15)18)14(20-19)7-9-2-4-11(17)8-12(9)16/h2-6,8,14,20H,7,19H2,1H3. The van der Waals surface area contributed by atoms with Crippen molar-refractivity contribution in [3.05, 3.63) is 64.2 Å². The molecule has 0 aliphatic rings. The summed E-state index contributed by atoms with van der Waals surface area (Å²) in [5, 5.41) is 0.309. The van der Waals surface area contributed by atoms with Gasteiger partial charge in [-0.3, -0.25) is 11.3 Å². The van der Waals surface area contributed by atoms with Crippen LogP contribution in [0, 0.1) is 11.6 Å². The van der Waals surface area contributed by atoms with Gasteiger partial charge in [-0.05, 0) is 41.8 Å². The van der Waals surface area contributed by atoms with E-state index in [1.54, 1.807) is 12.1 Å². The Hall–Kier alpha value is -1.69. The second kappa shape index (κ2) is 6.85. The number of methoxy groups -OCH3 is 1. The van der Waals surface area contributed by atoms with Crippen LogP contribution in [-0.2, 0) is 6.42 Å². The lowest BCUT2D eigenvalue weighted by atomic mass is 9.99. The van der Waals surface area contributed by atoms with Crippen molar-refractivity contribution in [3.8, 4) is 5.75 Å². The van der Waals surface area contributed by atoms with E-state index in [0.717, 1.165) is 5.56 Å². The van der Waals surface area contributed by atoms with Crippen molar-refractivity contribution in [2.24, 2.45) is 5.84 Å². The van der Waals surface area contributed by atoms with Crippen molar-refractivity contribution in [1.82, 2.24) is 5.43 Å². The van der Waals surface area contributed by atoms with E-state index in [4.69, 9.17) is 22.2 Å². The van der Waals surface area contributed by atoms with Gasteiger partial charge in [-0.2, -0.15) is 0 Å². The largest absolute Gasteiger partial charge is 0.494 e. The zero-order chi connectivity index (χ0) is 15.4. The number of ether oxygens (including phenoxy) is 1. The van der Waals surface area contributed by atoms with E-state index in [-0.39, 0.29) is 11.8 Å². The van der Waals surface area contributed by atoms with E-state index in [9.17, 15) is 8.78 Å². The van der Waals surface area contributed by atoms with Crippen molar-refractivity contribution in [1.29, 1.82) is 0 Å². The van der Waals surface area contributed by atoms with Crippen LogP contribution in [0.3, 0.4) is 0 Å². The zero-order valence-electron chi connectivity index (χ0n) is 11.4. The summed E-state index contributed by atoms with van der Waals surface area (Å²) < 4.78 is 31.7. The molecule has 0 aliphatic carbocycles. The topological polar surface area (TPSA) is 47.3 Å². The van der Waals surface area contributed by atoms with Crippen molar-refractivity contribution in [2.45, 2.75) is 12.5 Å². The lowest BCUT2D eigenvalue weighted by molar-refractivity contribution is 0.385. The summed E-state index contributed by atoms with van der Waals surface area (Å²) in [6, 6.07) is 8.38. The van der Waals surface area contributed by atoms with Crippen LogP contribution in [0.25, 0.3) is 0 Å². The molecule has 1 atom stereocenters. The highest BCUT2D eigenvalue weighted by Crippen LogP contribution is 2.26. The lowest BCUT2D eigenvalue weighted by Gasteiger charge is -2.18. The first-order chi connectivity index (χ1) is 10.0. The second-order valence-electron chi connectivity index (χ2n) is 4.55. The van der Waals surface area contributed by atoms with Crippen LogP contribution < -0.4 is 16.0 Å². The van der Waals surface area contributed by atoms with Crippen LogP contribution in [0.5, 0.6) is 5.75 Å². The number of nitrogens with two attached hydrogens (primary N) is 1. The molecule has 0 aromatic heterocycles. The fourth-order valence-corrected chi connectivity index (χ4v) is 2.32. The maximum atomic E-state index is 13.7. The van der Waals surface area contributed by atoms with Gasteiger partial charge in [0, 0.05) is 5.02 Å². The van der Waals surface area contributed by atoms with Crippen molar-refractivity contribution < 1.29 is 13.5 Å². The van der Waals surface area contributed by atoms with Gasteiger partial charge in [0.1, 0.15) is 5.82 Å². The molecule has 6 heteroatoms. The molecule has 2 rings (SSSR count). The second-order valence-corrected chi connectivity index (χ2v) is 4.96. The first-order valence-corrected chi connectivity index (χ1v) is 6.66. The van der Waals surface area contributed by atoms with Gasteiger partial charge in [-0.1, -0.05) is 23.7 Å².